The average molecular weight is 1120 g/mol. The molecule has 9 nitrogen and oxygen atoms in total. The fourth-order valence-electron chi connectivity index (χ4n) is 9.93. The first kappa shape index (κ1) is 76.2. The lowest BCUT2D eigenvalue weighted by Crippen LogP contribution is -2.37. The minimum Gasteiger partial charge on any atom is -0.756 e. The number of allylic oxidation sites excluding steroid dienone is 6. The molecule has 0 aliphatic heterocycles. The number of unbranched alkanes of at least 4 members (excludes halogenated alkanes) is 43. The highest BCUT2D eigenvalue weighted by molar-refractivity contribution is 7.45. The van der Waals surface area contributed by atoms with Crippen LogP contribution in [0.3, 0.4) is 0 Å². The lowest BCUT2D eigenvalue weighted by atomic mass is 10.0. The maximum absolute atomic E-state index is 12.7. The number of hydrogen-bond donors (Lipinski definition) is 0. The first-order valence-electron chi connectivity index (χ1n) is 33.7. The predicted molar refractivity (Wildman–Crippen MR) is 333 cm³/mol. The van der Waals surface area contributed by atoms with Crippen LogP contribution in [0.25, 0.3) is 0 Å². The number of carbonyl (C=O) groups excluding carboxylic acids is 2. The molecular weight excluding hydrogens is 990 g/mol. The third kappa shape index (κ3) is 63.4. The van der Waals surface area contributed by atoms with Crippen molar-refractivity contribution in [3.8, 4) is 0 Å². The Hall–Kier alpha value is -1.77. The number of quaternary nitrogens is 1. The van der Waals surface area contributed by atoms with Gasteiger partial charge in [-0.2, -0.15) is 0 Å². The van der Waals surface area contributed by atoms with Gasteiger partial charge in [0.2, 0.25) is 0 Å². The molecule has 0 heterocycles. The molecule has 2 unspecified atom stereocenters. The quantitative estimate of drug-likeness (QED) is 0.0195. The summed E-state index contributed by atoms with van der Waals surface area (Å²) in [6.07, 6.45) is 75.5. The van der Waals surface area contributed by atoms with Crippen LogP contribution in [0.15, 0.2) is 36.5 Å². The van der Waals surface area contributed by atoms with Gasteiger partial charge >= 0.3 is 11.9 Å². The molecule has 0 fully saturated rings. The fraction of sp³-hybridized carbons (Fsp3) is 0.882. The van der Waals surface area contributed by atoms with Crippen molar-refractivity contribution >= 4 is 19.8 Å². The molecule has 2 atom stereocenters. The van der Waals surface area contributed by atoms with Gasteiger partial charge in [-0.15, -0.1) is 0 Å². The lowest BCUT2D eigenvalue weighted by molar-refractivity contribution is -0.870. The normalized spacial score (nSPS) is 13.4. The Morgan fingerprint density at radius 2 is 0.718 bits per heavy atom. The maximum atomic E-state index is 12.7. The number of phosphoric ester groups is 1. The van der Waals surface area contributed by atoms with Crippen LogP contribution < -0.4 is 4.89 Å². The highest BCUT2D eigenvalue weighted by Gasteiger charge is 2.22. The van der Waals surface area contributed by atoms with Gasteiger partial charge in [-0.1, -0.05) is 294 Å². The molecular formula is C68H130NO8P. The molecule has 0 aromatic rings. The number of hydrogen-bond acceptors (Lipinski definition) is 8. The molecule has 0 saturated carbocycles. The Kier molecular flexibility index (Phi) is 58.5. The van der Waals surface area contributed by atoms with E-state index in [-0.39, 0.29) is 32.0 Å². The number of ether oxygens (including phenoxy) is 2. The van der Waals surface area contributed by atoms with Crippen LogP contribution in [0.2, 0.25) is 0 Å². The van der Waals surface area contributed by atoms with Gasteiger partial charge in [0, 0.05) is 12.8 Å². The molecule has 0 N–H and O–H groups in total. The second kappa shape index (κ2) is 59.8. The van der Waals surface area contributed by atoms with E-state index >= 15 is 0 Å². The summed E-state index contributed by atoms with van der Waals surface area (Å²) in [4.78, 5) is 37.8. The van der Waals surface area contributed by atoms with E-state index in [0.29, 0.717) is 17.4 Å². The summed E-state index contributed by atoms with van der Waals surface area (Å²) in [5.74, 6) is -0.837. The Morgan fingerprint density at radius 1 is 0.397 bits per heavy atom. The minimum atomic E-state index is -4.64. The van der Waals surface area contributed by atoms with Crippen LogP contribution in [-0.4, -0.2) is 70.0 Å². The van der Waals surface area contributed by atoms with Crippen LogP contribution in [-0.2, 0) is 32.7 Å². The van der Waals surface area contributed by atoms with E-state index in [1.54, 1.807) is 0 Å². The Morgan fingerprint density at radius 3 is 1.08 bits per heavy atom. The van der Waals surface area contributed by atoms with Crippen LogP contribution in [0.5, 0.6) is 0 Å². The maximum Gasteiger partial charge on any atom is 0.306 e. The van der Waals surface area contributed by atoms with Crippen LogP contribution in [0.4, 0.5) is 0 Å². The SMILES string of the molecule is CCC/C=C\C/C=C\CCCCCCCC(=O)OC(COC(=O)CCCCCCCCCCCCCCCCCCCCCCCCCCCCCCC/C=C\CCCCCCCCCC)COP(=O)([O-])OCC[N+](C)(C)C. The van der Waals surface area contributed by atoms with Crippen molar-refractivity contribution in [3.05, 3.63) is 36.5 Å². The zero-order chi connectivity index (χ0) is 57.0. The van der Waals surface area contributed by atoms with Gasteiger partial charge < -0.3 is 27.9 Å². The number of likely N-dealkylation sites (N-methyl/N-ethyl adjacent to an activating group) is 1. The van der Waals surface area contributed by atoms with Crippen molar-refractivity contribution in [2.45, 2.75) is 341 Å². The molecule has 0 aliphatic rings. The molecule has 78 heavy (non-hydrogen) atoms. The van der Waals surface area contributed by atoms with Gasteiger partial charge in [-0.3, -0.25) is 14.2 Å². The van der Waals surface area contributed by atoms with Gasteiger partial charge in [-0.05, 0) is 64.2 Å². The zero-order valence-electron chi connectivity index (χ0n) is 52.4. The summed E-state index contributed by atoms with van der Waals surface area (Å²) < 4.78 is 34.1. The molecule has 0 aromatic heterocycles. The van der Waals surface area contributed by atoms with Gasteiger partial charge in [0.05, 0.1) is 27.7 Å². The van der Waals surface area contributed by atoms with Crippen molar-refractivity contribution in [2.75, 3.05) is 47.5 Å². The topological polar surface area (TPSA) is 111 Å². The molecule has 0 saturated heterocycles. The Labute approximate surface area is 484 Å². The fourth-order valence-corrected chi connectivity index (χ4v) is 10.7. The van der Waals surface area contributed by atoms with Crippen LogP contribution >= 0.6 is 7.82 Å². The Balaban J connectivity index is 3.79. The molecule has 0 radical (unpaired) electrons. The summed E-state index contributed by atoms with van der Waals surface area (Å²) in [5, 5.41) is 0. The summed E-state index contributed by atoms with van der Waals surface area (Å²) in [7, 11) is 1.17. The summed E-state index contributed by atoms with van der Waals surface area (Å²) in [6, 6.07) is 0. The monoisotopic (exact) mass is 1120 g/mol. The van der Waals surface area contributed by atoms with Crippen molar-refractivity contribution in [3.63, 3.8) is 0 Å². The van der Waals surface area contributed by atoms with E-state index in [1.165, 1.54) is 238 Å². The third-order valence-electron chi connectivity index (χ3n) is 15.1. The third-order valence-corrected chi connectivity index (χ3v) is 16.1. The van der Waals surface area contributed by atoms with Crippen molar-refractivity contribution in [1.82, 2.24) is 0 Å². The second-order valence-electron chi connectivity index (χ2n) is 24.2. The number of phosphoric acid groups is 1. The standard InChI is InChI=1S/C68H130NO8P/c1-6-8-10-12-14-16-18-20-21-22-23-24-25-26-27-28-29-30-31-32-33-34-35-36-37-38-39-40-41-42-43-44-45-46-47-49-50-52-54-56-58-60-67(70)74-64-66(65-76-78(72,73)75-63-62-69(3,4)5)77-68(71)61-59-57-55-53-51-48-19-17-15-13-11-9-7-2/h11,13,17,19,22-23,66H,6-10,12,14-16,18,20-21,24-65H2,1-5H3/b13-11-,19-17-,23-22-. The molecule has 0 aliphatic carbocycles. The van der Waals surface area contributed by atoms with E-state index in [9.17, 15) is 19.0 Å². The van der Waals surface area contributed by atoms with Crippen molar-refractivity contribution in [2.24, 2.45) is 0 Å². The van der Waals surface area contributed by atoms with Crippen LogP contribution in [0.1, 0.15) is 335 Å². The van der Waals surface area contributed by atoms with E-state index in [0.717, 1.165) is 64.2 Å². The lowest BCUT2D eigenvalue weighted by Gasteiger charge is -2.28. The second-order valence-corrected chi connectivity index (χ2v) is 25.6. The summed E-state index contributed by atoms with van der Waals surface area (Å²) in [5.41, 5.74) is 0. The smallest absolute Gasteiger partial charge is 0.306 e. The van der Waals surface area contributed by atoms with E-state index in [4.69, 9.17) is 18.5 Å². The number of rotatable bonds is 63. The molecule has 10 heteroatoms. The number of esters is 2. The van der Waals surface area contributed by atoms with Gasteiger partial charge in [0.1, 0.15) is 19.8 Å². The molecule has 0 rings (SSSR count). The Bertz CT molecular complexity index is 1410. The minimum absolute atomic E-state index is 0.0321. The zero-order valence-corrected chi connectivity index (χ0v) is 53.3. The highest BCUT2D eigenvalue weighted by Crippen LogP contribution is 2.38. The van der Waals surface area contributed by atoms with Crippen molar-refractivity contribution in [1.29, 1.82) is 0 Å². The van der Waals surface area contributed by atoms with E-state index in [1.807, 2.05) is 21.1 Å². The van der Waals surface area contributed by atoms with E-state index < -0.39 is 26.5 Å². The van der Waals surface area contributed by atoms with Gasteiger partial charge in [0.15, 0.2) is 6.10 Å². The largest absolute Gasteiger partial charge is 0.756 e. The first-order chi connectivity index (χ1) is 38.0. The molecule has 0 aromatic carbocycles. The molecule has 0 bridgehead atoms. The molecule has 0 amide bonds. The highest BCUT2D eigenvalue weighted by atomic mass is 31.2. The molecule has 460 valence electrons. The first-order valence-corrected chi connectivity index (χ1v) is 35.2. The predicted octanol–water partition coefficient (Wildman–Crippen LogP) is 20.9. The number of carbonyl (C=O) groups is 2. The van der Waals surface area contributed by atoms with Gasteiger partial charge in [0.25, 0.3) is 7.82 Å². The van der Waals surface area contributed by atoms with Gasteiger partial charge in [-0.25, -0.2) is 0 Å². The van der Waals surface area contributed by atoms with Crippen molar-refractivity contribution < 1.29 is 42.1 Å². The van der Waals surface area contributed by atoms with E-state index in [2.05, 4.69) is 50.3 Å². The number of nitrogens with zero attached hydrogens (tertiary/aromatic N) is 1. The molecule has 0 spiro atoms. The summed E-state index contributed by atoms with van der Waals surface area (Å²) in [6.45, 7) is 4.19. The average Bonchev–Trinajstić information content (AvgIpc) is 3.40. The summed E-state index contributed by atoms with van der Waals surface area (Å²) >= 11 is 0. The van der Waals surface area contributed by atoms with Crippen LogP contribution in [0, 0.1) is 0 Å².